The van der Waals surface area contributed by atoms with Crippen LogP contribution in [-0.2, 0) is 6.42 Å². The molecule has 42 heavy (non-hydrogen) atoms. The maximum atomic E-state index is 13.5. The van der Waals surface area contributed by atoms with Crippen LogP contribution in [0.25, 0.3) is 0 Å². The highest BCUT2D eigenvalue weighted by Crippen LogP contribution is 2.36. The molecular weight excluding hydrogens is 567 g/mol. The van der Waals surface area contributed by atoms with Crippen molar-refractivity contribution >= 4 is 11.4 Å². The topological polar surface area (TPSA) is 41.9 Å². The van der Waals surface area contributed by atoms with Crippen LogP contribution >= 0.6 is 0 Å². The minimum Gasteiger partial charge on any atom is -0.457 e. The minimum absolute atomic E-state index is 0.0196. The van der Waals surface area contributed by atoms with Crippen LogP contribution in [0, 0.1) is 6.92 Å². The number of aliphatic hydroxyl groups excluding tert-OH is 1. The minimum atomic E-state index is -4.91. The van der Waals surface area contributed by atoms with Crippen LogP contribution in [0.3, 0.4) is 0 Å². The lowest BCUT2D eigenvalue weighted by atomic mass is 10.0. The number of rotatable bonds is 11. The average Bonchev–Trinajstić information content (AvgIpc) is 2.93. The Labute approximate surface area is 237 Å². The first-order valence-corrected chi connectivity index (χ1v) is 12.7. The van der Waals surface area contributed by atoms with E-state index in [0.29, 0.717) is 22.6 Å². The zero-order valence-electron chi connectivity index (χ0n) is 22.2. The summed E-state index contributed by atoms with van der Waals surface area (Å²) in [6.07, 6.45) is -16.3. The lowest BCUT2D eigenvalue weighted by Crippen LogP contribution is -2.39. The number of ether oxygens (including phenoxy) is 2. The van der Waals surface area contributed by atoms with Gasteiger partial charge in [-0.3, -0.25) is 0 Å². The Morgan fingerprint density at radius 1 is 0.762 bits per heavy atom. The van der Waals surface area contributed by atoms with Crippen LogP contribution in [-0.4, -0.2) is 36.5 Å². The molecule has 11 heteroatoms. The van der Waals surface area contributed by atoms with Crippen molar-refractivity contribution in [3.05, 3.63) is 114 Å². The van der Waals surface area contributed by atoms with Gasteiger partial charge < -0.3 is 19.5 Å². The van der Waals surface area contributed by atoms with Gasteiger partial charge in [0.2, 0.25) is 0 Å². The summed E-state index contributed by atoms with van der Waals surface area (Å²) in [7, 11) is 0. The second kappa shape index (κ2) is 12.7. The summed E-state index contributed by atoms with van der Waals surface area (Å²) in [5, 5.41) is 10.0. The molecule has 1 atom stereocenters. The molecule has 4 aromatic carbocycles. The van der Waals surface area contributed by atoms with Crippen molar-refractivity contribution in [1.82, 2.24) is 0 Å². The monoisotopic (exact) mass is 593 g/mol. The largest absolute Gasteiger partial charge is 0.461 e. The standard InChI is InChI=1S/C31H26F7NO3/c1-20-12-14-24(15-13-20)41-25-9-5-8-23(18-25)39(19-28(40)30(34,35)36)27-11-3-2-7-22(27)16-21-6-4-10-26(17-21)42-31(37,38)29(32)33/h2-15,17-18,28-29,40H,16,19H2,1H3. The lowest BCUT2D eigenvalue weighted by molar-refractivity contribution is -0.253. The predicted octanol–water partition coefficient (Wildman–Crippen LogP) is 8.68. The molecule has 0 aliphatic heterocycles. The Bertz CT molecular complexity index is 1480. The predicted molar refractivity (Wildman–Crippen MR) is 144 cm³/mol. The lowest BCUT2D eigenvalue weighted by Gasteiger charge is -2.30. The summed E-state index contributed by atoms with van der Waals surface area (Å²) in [4.78, 5) is 1.28. The molecule has 0 amide bonds. The number of hydrogen-bond acceptors (Lipinski definition) is 4. The van der Waals surface area contributed by atoms with Crippen molar-refractivity contribution in [2.45, 2.75) is 38.2 Å². The number of anilines is 2. The van der Waals surface area contributed by atoms with Gasteiger partial charge in [-0.2, -0.15) is 30.7 Å². The average molecular weight is 594 g/mol. The molecule has 0 aliphatic rings. The number of nitrogens with zero attached hydrogens (tertiary/aromatic N) is 1. The quantitative estimate of drug-likeness (QED) is 0.177. The molecule has 0 aromatic heterocycles. The molecule has 0 saturated carbocycles. The molecular formula is C31H26F7NO3. The van der Waals surface area contributed by atoms with E-state index in [1.807, 2.05) is 19.1 Å². The third kappa shape index (κ3) is 7.94. The molecule has 0 saturated heterocycles. The van der Waals surface area contributed by atoms with Crippen LogP contribution in [0.4, 0.5) is 42.1 Å². The van der Waals surface area contributed by atoms with E-state index in [-0.39, 0.29) is 17.8 Å². The van der Waals surface area contributed by atoms with E-state index in [1.54, 1.807) is 54.6 Å². The normalized spacial score (nSPS) is 12.7. The first-order valence-electron chi connectivity index (χ1n) is 12.7. The summed E-state index contributed by atoms with van der Waals surface area (Å²) in [6, 6.07) is 25.0. The Morgan fingerprint density at radius 3 is 2.12 bits per heavy atom. The van der Waals surface area contributed by atoms with Gasteiger partial charge in [0.1, 0.15) is 17.2 Å². The zero-order valence-corrected chi connectivity index (χ0v) is 22.2. The van der Waals surface area contributed by atoms with Crippen molar-refractivity contribution in [3.63, 3.8) is 0 Å². The van der Waals surface area contributed by atoms with E-state index in [4.69, 9.17) is 4.74 Å². The van der Waals surface area contributed by atoms with Crippen LogP contribution in [0.5, 0.6) is 17.2 Å². The molecule has 0 spiro atoms. The van der Waals surface area contributed by atoms with Crippen LogP contribution < -0.4 is 14.4 Å². The van der Waals surface area contributed by atoms with Crippen molar-refractivity contribution in [2.24, 2.45) is 0 Å². The molecule has 4 aromatic rings. The first kappa shape index (κ1) is 30.7. The van der Waals surface area contributed by atoms with Gasteiger partial charge in [0.15, 0.2) is 6.10 Å². The maximum absolute atomic E-state index is 13.5. The number of hydrogen-bond donors (Lipinski definition) is 1. The van der Waals surface area contributed by atoms with E-state index in [2.05, 4.69) is 4.74 Å². The fourth-order valence-corrected chi connectivity index (χ4v) is 4.14. The highest BCUT2D eigenvalue weighted by Gasteiger charge is 2.44. The Hall–Kier alpha value is -4.25. The van der Waals surface area contributed by atoms with Gasteiger partial charge in [0, 0.05) is 17.4 Å². The zero-order chi connectivity index (χ0) is 30.5. The second-order valence-electron chi connectivity index (χ2n) is 9.50. The summed E-state index contributed by atoms with van der Waals surface area (Å²) in [5.41, 5.74) is 2.42. The van der Waals surface area contributed by atoms with Gasteiger partial charge in [-0.15, -0.1) is 0 Å². The Morgan fingerprint density at radius 2 is 1.43 bits per heavy atom. The number of halogens is 7. The number of aryl methyl sites for hydroxylation is 1. The van der Waals surface area contributed by atoms with Gasteiger partial charge in [0.05, 0.1) is 6.54 Å². The van der Waals surface area contributed by atoms with Crippen LogP contribution in [0.2, 0.25) is 0 Å². The fourth-order valence-electron chi connectivity index (χ4n) is 4.14. The van der Waals surface area contributed by atoms with E-state index < -0.39 is 37.1 Å². The first-order chi connectivity index (χ1) is 19.8. The van der Waals surface area contributed by atoms with Crippen molar-refractivity contribution < 1.29 is 45.3 Å². The third-order valence-corrected chi connectivity index (χ3v) is 6.20. The maximum Gasteiger partial charge on any atom is 0.461 e. The summed E-state index contributed by atoms with van der Waals surface area (Å²) in [6.45, 7) is 1.05. The molecule has 0 radical (unpaired) electrons. The summed E-state index contributed by atoms with van der Waals surface area (Å²) in [5.74, 6) is 0.352. The molecule has 1 unspecified atom stereocenters. The molecule has 0 heterocycles. The summed E-state index contributed by atoms with van der Waals surface area (Å²) < 4.78 is 103. The molecule has 4 rings (SSSR count). The van der Waals surface area contributed by atoms with Gasteiger partial charge in [-0.25, -0.2) is 0 Å². The van der Waals surface area contributed by atoms with Crippen molar-refractivity contribution in [3.8, 4) is 17.2 Å². The molecule has 0 bridgehead atoms. The molecule has 4 nitrogen and oxygen atoms in total. The number of aliphatic hydroxyl groups is 1. The fraction of sp³-hybridized carbons (Fsp3) is 0.226. The van der Waals surface area contributed by atoms with Gasteiger partial charge in [0.25, 0.3) is 0 Å². The smallest absolute Gasteiger partial charge is 0.457 e. The number of benzene rings is 4. The number of alkyl halides is 7. The van der Waals surface area contributed by atoms with Crippen LogP contribution in [0.15, 0.2) is 97.1 Å². The molecule has 0 fully saturated rings. The second-order valence-corrected chi connectivity index (χ2v) is 9.50. The van der Waals surface area contributed by atoms with Crippen molar-refractivity contribution in [1.29, 1.82) is 0 Å². The van der Waals surface area contributed by atoms with E-state index in [1.165, 1.54) is 23.1 Å². The van der Waals surface area contributed by atoms with E-state index >= 15 is 0 Å². The third-order valence-electron chi connectivity index (χ3n) is 6.20. The highest BCUT2D eigenvalue weighted by atomic mass is 19.4. The van der Waals surface area contributed by atoms with Crippen LogP contribution in [0.1, 0.15) is 16.7 Å². The van der Waals surface area contributed by atoms with Crippen molar-refractivity contribution in [2.75, 3.05) is 11.4 Å². The van der Waals surface area contributed by atoms with E-state index in [9.17, 15) is 35.8 Å². The molecule has 222 valence electrons. The molecule has 0 aliphatic carbocycles. The van der Waals surface area contributed by atoms with Gasteiger partial charge in [-0.05, 0) is 66.9 Å². The van der Waals surface area contributed by atoms with E-state index in [0.717, 1.165) is 17.7 Å². The van der Waals surface area contributed by atoms with Gasteiger partial charge in [-0.1, -0.05) is 54.1 Å². The Balaban J connectivity index is 1.69. The van der Waals surface area contributed by atoms with Gasteiger partial charge >= 0.3 is 18.7 Å². The highest BCUT2D eigenvalue weighted by molar-refractivity contribution is 5.68. The number of para-hydroxylation sites is 1. The SMILES string of the molecule is Cc1ccc(Oc2cccc(N(CC(O)C(F)(F)F)c3ccccc3Cc3cccc(OC(F)(F)C(F)F)c3)c2)cc1. The molecule has 1 N–H and O–H groups in total. The summed E-state index contributed by atoms with van der Waals surface area (Å²) >= 11 is 0. The Kier molecular flexibility index (Phi) is 9.30.